The molecule has 1 aliphatic heterocycles. The molecule has 5 heterocycles. The van der Waals surface area contributed by atoms with E-state index in [2.05, 4.69) is 46.3 Å². The van der Waals surface area contributed by atoms with Crippen LogP contribution >= 0.6 is 15.9 Å². The second-order valence-corrected chi connectivity index (χ2v) is 11.5. The monoisotopic (exact) mass is 621 g/mol. The number of aryl methyl sites for hydroxylation is 1. The fraction of sp³-hybridized carbons (Fsp3) is 0.333. The number of aromatic nitrogens is 6. The van der Waals surface area contributed by atoms with Crippen molar-refractivity contribution in [1.82, 2.24) is 34.6 Å². The molecular weight excluding hydrogens is 597 g/mol. The molecule has 12 nitrogen and oxygen atoms in total. The van der Waals surface area contributed by atoms with Crippen LogP contribution in [-0.2, 0) is 16.1 Å². The Bertz CT molecular complexity index is 1760. The minimum absolute atomic E-state index is 0.0138. The lowest BCUT2D eigenvalue weighted by molar-refractivity contribution is -0.138. The number of nitrogens with one attached hydrogen (secondary N) is 1. The molecule has 4 aromatic rings. The van der Waals surface area contributed by atoms with Crippen molar-refractivity contribution in [3.8, 4) is 11.3 Å². The number of nitrogen functional groups attached to an aromatic ring is 1. The van der Waals surface area contributed by atoms with Gasteiger partial charge in [-0.15, -0.1) is 0 Å². The molecule has 1 saturated heterocycles. The number of nitrogens with zero attached hydrogens (tertiary/aromatic N) is 7. The number of carbonyl (C=O) groups excluding carboxylic acids is 3. The quantitative estimate of drug-likeness (QED) is 0.243. The lowest BCUT2D eigenvalue weighted by Crippen LogP contribution is -2.47. The number of halogens is 2. The van der Waals surface area contributed by atoms with Gasteiger partial charge in [0.15, 0.2) is 11.6 Å². The van der Waals surface area contributed by atoms with Crippen molar-refractivity contribution in [3.05, 3.63) is 52.4 Å². The molecule has 2 amide bonds. The van der Waals surface area contributed by atoms with E-state index in [-0.39, 0.29) is 51.8 Å². The van der Waals surface area contributed by atoms with Gasteiger partial charge in [-0.25, -0.2) is 19.3 Å². The van der Waals surface area contributed by atoms with E-state index >= 15 is 0 Å². The van der Waals surface area contributed by atoms with E-state index in [0.717, 1.165) is 6.42 Å². The molecule has 14 heteroatoms. The van der Waals surface area contributed by atoms with Crippen LogP contribution in [0, 0.1) is 18.2 Å². The van der Waals surface area contributed by atoms with E-state index < -0.39 is 17.8 Å². The van der Waals surface area contributed by atoms with Gasteiger partial charge in [0.25, 0.3) is 0 Å². The van der Waals surface area contributed by atoms with Crippen LogP contribution in [0.4, 0.5) is 16.2 Å². The van der Waals surface area contributed by atoms with Gasteiger partial charge in [0.05, 0.1) is 17.4 Å². The predicted molar refractivity (Wildman–Crippen MR) is 150 cm³/mol. The molecule has 41 heavy (non-hydrogen) atoms. The van der Waals surface area contributed by atoms with Crippen molar-refractivity contribution < 1.29 is 18.8 Å². The molecule has 2 aliphatic rings. The standard InChI is InChI=1S/C27H25BrFN9O3/c1-12-4-16(29)23(28)34-24(12)35-25(41)18-6-27(3)7-20(27)38(18)21(40)11-37-19-10-31-17(14-8-32-26(30)33-9-14)5-15(19)22(36-37)13(2)39/h4-5,8-10,18,20H,6-7,11H2,1-3H3,(H2,30,32,33)(H,34,35,41)/t18-,20?,27-/m0/s1. The second kappa shape index (κ2) is 9.65. The predicted octanol–water partition coefficient (Wildman–Crippen LogP) is 3.30. The smallest absolute Gasteiger partial charge is 0.248 e. The molecule has 4 aromatic heterocycles. The maximum Gasteiger partial charge on any atom is 0.248 e. The Labute approximate surface area is 241 Å². The normalized spacial score (nSPS) is 21.1. The van der Waals surface area contributed by atoms with E-state index in [1.807, 2.05) is 6.92 Å². The zero-order valence-corrected chi connectivity index (χ0v) is 23.9. The Hall–Kier alpha value is -4.33. The number of likely N-dealkylation sites (tertiary alicyclic amines) is 1. The maximum atomic E-state index is 13.8. The SMILES string of the molecule is CC(=O)c1nn(CC(=O)N2C3C[C@]3(C)C[C@H]2C(=O)Nc2nc(Br)c(F)cc2C)c2cnc(-c3cnc(N)nc3)cc12. The highest BCUT2D eigenvalue weighted by molar-refractivity contribution is 9.10. The summed E-state index contributed by atoms with van der Waals surface area (Å²) >= 11 is 3.05. The van der Waals surface area contributed by atoms with Gasteiger partial charge in [-0.2, -0.15) is 5.10 Å². The van der Waals surface area contributed by atoms with Gasteiger partial charge in [0.1, 0.15) is 28.7 Å². The van der Waals surface area contributed by atoms with Gasteiger partial charge in [0.2, 0.25) is 17.8 Å². The number of hydrogen-bond donors (Lipinski definition) is 2. The van der Waals surface area contributed by atoms with Crippen LogP contribution in [-0.4, -0.2) is 64.3 Å². The summed E-state index contributed by atoms with van der Waals surface area (Å²) in [6.07, 6.45) is 5.89. The third kappa shape index (κ3) is 4.71. The summed E-state index contributed by atoms with van der Waals surface area (Å²) in [5.41, 5.74) is 7.70. The van der Waals surface area contributed by atoms with Crippen LogP contribution in [0.25, 0.3) is 22.2 Å². The number of carbonyl (C=O) groups is 3. The summed E-state index contributed by atoms with van der Waals surface area (Å²) in [5, 5.41) is 7.74. The van der Waals surface area contributed by atoms with Crippen LogP contribution in [0.3, 0.4) is 0 Å². The van der Waals surface area contributed by atoms with E-state index in [1.54, 1.807) is 24.1 Å². The molecule has 1 unspecified atom stereocenters. The number of fused-ring (bicyclic) bond motifs is 2. The molecule has 210 valence electrons. The number of piperidine rings is 1. The van der Waals surface area contributed by atoms with Crippen molar-refractivity contribution in [2.45, 2.75) is 52.2 Å². The first-order chi connectivity index (χ1) is 19.4. The summed E-state index contributed by atoms with van der Waals surface area (Å²) in [4.78, 5) is 57.8. The van der Waals surface area contributed by atoms with Crippen LogP contribution in [0.1, 0.15) is 42.7 Å². The maximum absolute atomic E-state index is 13.8. The summed E-state index contributed by atoms with van der Waals surface area (Å²) < 4.78 is 15.3. The zero-order valence-electron chi connectivity index (χ0n) is 22.4. The largest absolute Gasteiger partial charge is 0.368 e. The van der Waals surface area contributed by atoms with Crippen molar-refractivity contribution in [3.63, 3.8) is 0 Å². The van der Waals surface area contributed by atoms with Crippen LogP contribution in [0.5, 0.6) is 0 Å². The average Bonchev–Trinajstić information content (AvgIpc) is 3.29. The van der Waals surface area contributed by atoms with Gasteiger partial charge in [-0.05, 0) is 58.8 Å². The minimum Gasteiger partial charge on any atom is -0.368 e. The van der Waals surface area contributed by atoms with Crippen molar-refractivity contribution >= 4 is 56.2 Å². The first-order valence-electron chi connectivity index (χ1n) is 12.9. The molecule has 1 saturated carbocycles. The average molecular weight is 622 g/mol. The second-order valence-electron chi connectivity index (χ2n) is 10.8. The number of amides is 2. The van der Waals surface area contributed by atoms with E-state index in [0.29, 0.717) is 34.1 Å². The Morgan fingerprint density at radius 3 is 2.61 bits per heavy atom. The summed E-state index contributed by atoms with van der Waals surface area (Å²) in [7, 11) is 0. The lowest BCUT2D eigenvalue weighted by atomic mass is 10.0. The summed E-state index contributed by atoms with van der Waals surface area (Å²) in [6, 6.07) is 2.15. The number of Topliss-reactive ketones (excluding diaryl/α,β-unsaturated/α-hetero) is 1. The Kier molecular flexibility index (Phi) is 6.32. The van der Waals surface area contributed by atoms with Crippen LogP contribution in [0.2, 0.25) is 0 Å². The fourth-order valence-electron chi connectivity index (χ4n) is 5.53. The molecule has 0 spiro atoms. The number of rotatable bonds is 6. The lowest BCUT2D eigenvalue weighted by Gasteiger charge is -2.27. The van der Waals surface area contributed by atoms with Gasteiger partial charge in [-0.1, -0.05) is 6.92 Å². The van der Waals surface area contributed by atoms with Crippen LogP contribution < -0.4 is 11.1 Å². The number of hydrogen-bond acceptors (Lipinski definition) is 9. The highest BCUT2D eigenvalue weighted by Crippen LogP contribution is 2.59. The first-order valence-corrected chi connectivity index (χ1v) is 13.6. The highest BCUT2D eigenvalue weighted by Gasteiger charge is 2.64. The number of anilines is 2. The first kappa shape index (κ1) is 26.9. The van der Waals surface area contributed by atoms with Gasteiger partial charge < -0.3 is 16.0 Å². The number of ketones is 1. The Morgan fingerprint density at radius 1 is 1.17 bits per heavy atom. The molecule has 1 aliphatic carbocycles. The van der Waals surface area contributed by atoms with E-state index in [9.17, 15) is 18.8 Å². The van der Waals surface area contributed by atoms with Gasteiger partial charge >= 0.3 is 0 Å². The number of pyridine rings is 2. The summed E-state index contributed by atoms with van der Waals surface area (Å²) in [6.45, 7) is 4.91. The molecule has 2 fully saturated rings. The molecule has 0 bridgehead atoms. The van der Waals surface area contributed by atoms with Gasteiger partial charge in [0, 0.05) is 36.3 Å². The molecule has 3 N–H and O–H groups in total. The molecule has 3 atom stereocenters. The molecule has 0 radical (unpaired) electrons. The van der Waals surface area contributed by atoms with Gasteiger partial charge in [-0.3, -0.25) is 24.0 Å². The van der Waals surface area contributed by atoms with Crippen molar-refractivity contribution in [1.29, 1.82) is 0 Å². The molecule has 0 aromatic carbocycles. The topological polar surface area (TPSA) is 162 Å². The highest BCUT2D eigenvalue weighted by atomic mass is 79.9. The van der Waals surface area contributed by atoms with E-state index in [1.165, 1.54) is 30.1 Å². The molecular formula is C27H25BrFN9O3. The third-order valence-electron chi connectivity index (χ3n) is 7.81. The third-order valence-corrected chi connectivity index (χ3v) is 8.37. The fourth-order valence-corrected chi connectivity index (χ4v) is 5.83. The Morgan fingerprint density at radius 2 is 1.90 bits per heavy atom. The van der Waals surface area contributed by atoms with Crippen LogP contribution in [0.15, 0.2) is 35.3 Å². The zero-order chi connectivity index (χ0) is 29.2. The molecule has 6 rings (SSSR count). The van der Waals surface area contributed by atoms with Crippen molar-refractivity contribution in [2.75, 3.05) is 11.1 Å². The van der Waals surface area contributed by atoms with E-state index in [4.69, 9.17) is 5.73 Å². The Balaban J connectivity index is 1.28. The summed E-state index contributed by atoms with van der Waals surface area (Å²) in [5.74, 6) is -1.16. The minimum atomic E-state index is -0.736. The number of nitrogens with two attached hydrogens (primary N) is 1. The van der Waals surface area contributed by atoms with Crippen molar-refractivity contribution in [2.24, 2.45) is 5.41 Å².